The first-order chi connectivity index (χ1) is 8.36. The molecule has 2 nitrogen and oxygen atoms in total. The summed E-state index contributed by atoms with van der Waals surface area (Å²) in [6.07, 6.45) is 5.72. The highest BCUT2D eigenvalue weighted by atomic mass is 16.5. The van der Waals surface area contributed by atoms with Crippen LogP contribution in [0.15, 0.2) is 24.3 Å². The molecule has 3 unspecified atom stereocenters. The highest BCUT2D eigenvalue weighted by Crippen LogP contribution is 2.48. The third kappa shape index (κ3) is 2.19. The van der Waals surface area contributed by atoms with Crippen molar-refractivity contribution in [1.29, 1.82) is 0 Å². The first kappa shape index (κ1) is 11.1. The van der Waals surface area contributed by atoms with Crippen molar-refractivity contribution in [1.82, 2.24) is 0 Å². The van der Waals surface area contributed by atoms with Crippen LogP contribution in [0.25, 0.3) is 0 Å². The van der Waals surface area contributed by atoms with Gasteiger partial charge in [-0.25, -0.2) is 0 Å². The number of ether oxygens (including phenoxy) is 1. The zero-order chi connectivity index (χ0) is 11.7. The molecule has 2 fully saturated rings. The second-order valence-corrected chi connectivity index (χ2v) is 5.56. The number of fused-ring (bicyclic) bond motifs is 2. The molecule has 3 rings (SSSR count). The SMILES string of the molecule is NCc1ccccc1OCC1CC2CCC1C2. The Morgan fingerprint density at radius 2 is 2.06 bits per heavy atom. The van der Waals surface area contributed by atoms with Crippen molar-refractivity contribution in [2.24, 2.45) is 23.5 Å². The molecule has 2 heteroatoms. The van der Waals surface area contributed by atoms with Crippen LogP contribution < -0.4 is 10.5 Å². The Bertz CT molecular complexity index is 390. The minimum Gasteiger partial charge on any atom is -0.493 e. The van der Waals surface area contributed by atoms with E-state index in [2.05, 4.69) is 6.07 Å². The lowest BCUT2D eigenvalue weighted by molar-refractivity contribution is 0.194. The largest absolute Gasteiger partial charge is 0.493 e. The Hall–Kier alpha value is -1.02. The van der Waals surface area contributed by atoms with Crippen molar-refractivity contribution in [3.8, 4) is 5.75 Å². The number of hydrogen-bond acceptors (Lipinski definition) is 2. The summed E-state index contributed by atoms with van der Waals surface area (Å²) in [6.45, 7) is 1.45. The van der Waals surface area contributed by atoms with Crippen molar-refractivity contribution in [2.75, 3.05) is 6.61 Å². The van der Waals surface area contributed by atoms with Crippen molar-refractivity contribution in [3.05, 3.63) is 29.8 Å². The highest BCUT2D eigenvalue weighted by Gasteiger charge is 2.39. The lowest BCUT2D eigenvalue weighted by Crippen LogP contribution is -2.19. The molecule has 0 radical (unpaired) electrons. The summed E-state index contributed by atoms with van der Waals surface area (Å²) in [6, 6.07) is 8.13. The molecule has 1 aromatic carbocycles. The quantitative estimate of drug-likeness (QED) is 0.864. The minimum atomic E-state index is 0.562. The van der Waals surface area contributed by atoms with E-state index in [1.165, 1.54) is 25.7 Å². The van der Waals surface area contributed by atoms with Crippen molar-refractivity contribution in [3.63, 3.8) is 0 Å². The zero-order valence-electron chi connectivity index (χ0n) is 10.3. The van der Waals surface area contributed by atoms with Crippen LogP contribution in [0.1, 0.15) is 31.2 Å². The van der Waals surface area contributed by atoms with Gasteiger partial charge in [-0.3, -0.25) is 0 Å². The van der Waals surface area contributed by atoms with Crippen LogP contribution in [0.3, 0.4) is 0 Å². The monoisotopic (exact) mass is 231 g/mol. The molecule has 0 heterocycles. The van der Waals surface area contributed by atoms with Crippen LogP contribution >= 0.6 is 0 Å². The van der Waals surface area contributed by atoms with Gasteiger partial charge in [-0.1, -0.05) is 24.6 Å². The van der Waals surface area contributed by atoms with Crippen LogP contribution in [-0.4, -0.2) is 6.61 Å². The molecule has 0 aromatic heterocycles. The Morgan fingerprint density at radius 3 is 2.76 bits per heavy atom. The maximum Gasteiger partial charge on any atom is 0.123 e. The number of benzene rings is 1. The van der Waals surface area contributed by atoms with Gasteiger partial charge in [0.25, 0.3) is 0 Å². The van der Waals surface area contributed by atoms with Crippen LogP contribution in [-0.2, 0) is 6.54 Å². The van der Waals surface area contributed by atoms with Gasteiger partial charge in [0.05, 0.1) is 6.61 Å². The van der Waals surface area contributed by atoms with E-state index in [-0.39, 0.29) is 0 Å². The van der Waals surface area contributed by atoms with Crippen LogP contribution in [0.4, 0.5) is 0 Å². The van der Waals surface area contributed by atoms with E-state index in [4.69, 9.17) is 10.5 Å². The van der Waals surface area contributed by atoms with E-state index in [1.54, 1.807) is 0 Å². The van der Waals surface area contributed by atoms with Gasteiger partial charge in [-0.05, 0) is 43.1 Å². The minimum absolute atomic E-state index is 0.562. The topological polar surface area (TPSA) is 35.2 Å². The molecule has 92 valence electrons. The fraction of sp³-hybridized carbons (Fsp3) is 0.600. The van der Waals surface area contributed by atoms with Crippen LogP contribution in [0, 0.1) is 17.8 Å². The first-order valence-electron chi connectivity index (χ1n) is 6.77. The smallest absolute Gasteiger partial charge is 0.123 e. The Balaban J connectivity index is 1.60. The van der Waals surface area contributed by atoms with E-state index in [1.807, 2.05) is 18.2 Å². The molecule has 0 aliphatic heterocycles. The lowest BCUT2D eigenvalue weighted by atomic mass is 9.89. The third-order valence-corrected chi connectivity index (χ3v) is 4.53. The average molecular weight is 231 g/mol. The molecule has 2 aliphatic rings. The van der Waals surface area contributed by atoms with Gasteiger partial charge >= 0.3 is 0 Å². The lowest BCUT2D eigenvalue weighted by Gasteiger charge is -2.22. The molecular weight excluding hydrogens is 210 g/mol. The Morgan fingerprint density at radius 1 is 1.18 bits per heavy atom. The maximum absolute atomic E-state index is 5.98. The number of rotatable bonds is 4. The third-order valence-electron chi connectivity index (χ3n) is 4.53. The predicted molar refractivity (Wildman–Crippen MR) is 68.8 cm³/mol. The van der Waals surface area contributed by atoms with Gasteiger partial charge in [0.2, 0.25) is 0 Å². The second-order valence-electron chi connectivity index (χ2n) is 5.56. The summed E-state index contributed by atoms with van der Waals surface area (Å²) in [7, 11) is 0. The number of hydrogen-bond donors (Lipinski definition) is 1. The second kappa shape index (κ2) is 4.69. The Labute approximate surface area is 103 Å². The van der Waals surface area contributed by atoms with E-state index in [9.17, 15) is 0 Å². The Kier molecular flexibility index (Phi) is 3.06. The molecule has 0 spiro atoms. The van der Waals surface area contributed by atoms with Crippen LogP contribution in [0.5, 0.6) is 5.75 Å². The molecule has 2 saturated carbocycles. The molecule has 3 atom stereocenters. The van der Waals surface area contributed by atoms with Gasteiger partial charge in [-0.15, -0.1) is 0 Å². The van der Waals surface area contributed by atoms with E-state index in [0.717, 1.165) is 35.7 Å². The van der Waals surface area contributed by atoms with Gasteiger partial charge in [0, 0.05) is 12.1 Å². The standard InChI is InChI=1S/C15H21NO/c16-9-13-3-1-2-4-15(13)17-10-14-8-11-5-6-12(14)7-11/h1-4,11-12,14H,5-10,16H2. The number of para-hydroxylation sites is 1. The molecule has 2 N–H and O–H groups in total. The normalized spacial score (nSPS) is 30.8. The average Bonchev–Trinajstić information content (AvgIpc) is 2.98. The van der Waals surface area contributed by atoms with Gasteiger partial charge in [-0.2, -0.15) is 0 Å². The van der Waals surface area contributed by atoms with Gasteiger partial charge < -0.3 is 10.5 Å². The van der Waals surface area contributed by atoms with E-state index in [0.29, 0.717) is 6.54 Å². The highest BCUT2D eigenvalue weighted by molar-refractivity contribution is 5.33. The fourth-order valence-corrected chi connectivity index (χ4v) is 3.59. The maximum atomic E-state index is 5.98. The van der Waals surface area contributed by atoms with Crippen molar-refractivity contribution < 1.29 is 4.74 Å². The molecule has 17 heavy (non-hydrogen) atoms. The fourth-order valence-electron chi connectivity index (χ4n) is 3.59. The molecule has 2 aliphatic carbocycles. The summed E-state index contributed by atoms with van der Waals surface area (Å²) < 4.78 is 5.98. The van der Waals surface area contributed by atoms with Crippen LogP contribution in [0.2, 0.25) is 0 Å². The first-order valence-corrected chi connectivity index (χ1v) is 6.77. The summed E-state index contributed by atoms with van der Waals surface area (Å²) in [5, 5.41) is 0. The summed E-state index contributed by atoms with van der Waals surface area (Å²) >= 11 is 0. The molecule has 0 saturated heterocycles. The summed E-state index contributed by atoms with van der Waals surface area (Å²) in [4.78, 5) is 0. The summed E-state index contributed by atoms with van der Waals surface area (Å²) in [5.41, 5.74) is 6.84. The zero-order valence-corrected chi connectivity index (χ0v) is 10.3. The predicted octanol–water partition coefficient (Wildman–Crippen LogP) is 2.96. The van der Waals surface area contributed by atoms with E-state index < -0.39 is 0 Å². The molecular formula is C15H21NO. The van der Waals surface area contributed by atoms with Gasteiger partial charge in [0.1, 0.15) is 5.75 Å². The molecule has 0 amide bonds. The molecule has 2 bridgehead atoms. The van der Waals surface area contributed by atoms with E-state index >= 15 is 0 Å². The summed E-state index contributed by atoms with van der Waals surface area (Å²) in [5.74, 6) is 3.71. The van der Waals surface area contributed by atoms with Crippen molar-refractivity contribution in [2.45, 2.75) is 32.2 Å². The van der Waals surface area contributed by atoms with Crippen molar-refractivity contribution >= 4 is 0 Å². The number of nitrogens with two attached hydrogens (primary N) is 1. The van der Waals surface area contributed by atoms with Gasteiger partial charge in [0.15, 0.2) is 0 Å². The molecule has 1 aromatic rings.